The second kappa shape index (κ2) is 9.93. The average Bonchev–Trinajstić information content (AvgIpc) is 2.46. The normalized spacial score (nSPS) is 12.8. The van der Waals surface area contributed by atoms with Crippen molar-refractivity contribution in [3.05, 3.63) is 30.1 Å². The molecule has 0 spiro atoms. The first-order valence-corrected chi connectivity index (χ1v) is 7.65. The van der Waals surface area contributed by atoms with E-state index in [1.165, 1.54) is 32.1 Å². The summed E-state index contributed by atoms with van der Waals surface area (Å²) in [6, 6.07) is 6.59. The number of likely N-dealkylation sites (N-methyl/N-ethyl adjacent to an activating group) is 1. The minimum absolute atomic E-state index is 0.490. The predicted octanol–water partition coefficient (Wildman–Crippen LogP) is 3.20. The molecule has 0 aromatic carbocycles. The molecule has 0 saturated heterocycles. The average molecular weight is 263 g/mol. The Bertz CT molecular complexity index is 313. The highest BCUT2D eigenvalue weighted by Gasteiger charge is 2.15. The van der Waals surface area contributed by atoms with Crippen LogP contribution in [0.3, 0.4) is 0 Å². The monoisotopic (exact) mass is 263 g/mol. The van der Waals surface area contributed by atoms with Gasteiger partial charge in [-0.05, 0) is 25.1 Å². The summed E-state index contributed by atoms with van der Waals surface area (Å²) in [4.78, 5) is 6.86. The van der Waals surface area contributed by atoms with Gasteiger partial charge in [0, 0.05) is 25.3 Å². The van der Waals surface area contributed by atoms with Crippen LogP contribution in [0.1, 0.15) is 51.6 Å². The summed E-state index contributed by atoms with van der Waals surface area (Å²) in [6.45, 7) is 7.14. The zero-order valence-electron chi connectivity index (χ0n) is 12.5. The van der Waals surface area contributed by atoms with Gasteiger partial charge in [0.15, 0.2) is 0 Å². The molecule has 0 fully saturated rings. The number of rotatable bonds is 10. The molecule has 0 aliphatic heterocycles. The van der Waals surface area contributed by atoms with E-state index in [-0.39, 0.29) is 0 Å². The van der Waals surface area contributed by atoms with Crippen molar-refractivity contribution in [2.45, 2.75) is 58.5 Å². The van der Waals surface area contributed by atoms with E-state index in [9.17, 15) is 0 Å². The van der Waals surface area contributed by atoms with Crippen LogP contribution in [0, 0.1) is 0 Å². The van der Waals surface area contributed by atoms with Crippen molar-refractivity contribution in [3.8, 4) is 0 Å². The molecule has 0 saturated carbocycles. The Kier molecular flexibility index (Phi) is 8.43. The van der Waals surface area contributed by atoms with Crippen molar-refractivity contribution in [2.75, 3.05) is 13.1 Å². The van der Waals surface area contributed by atoms with Crippen molar-refractivity contribution >= 4 is 0 Å². The molecule has 0 aliphatic rings. The Morgan fingerprint density at radius 2 is 2.05 bits per heavy atom. The van der Waals surface area contributed by atoms with E-state index in [2.05, 4.69) is 35.9 Å². The first kappa shape index (κ1) is 16.1. The summed E-state index contributed by atoms with van der Waals surface area (Å²) in [5, 5.41) is 0. The fourth-order valence-corrected chi connectivity index (χ4v) is 2.46. The third kappa shape index (κ3) is 6.17. The maximum absolute atomic E-state index is 5.96. The number of nitrogens with zero attached hydrogens (tertiary/aromatic N) is 2. The van der Waals surface area contributed by atoms with Crippen molar-refractivity contribution < 1.29 is 0 Å². The smallest absolute Gasteiger partial charge is 0.0544 e. The molecule has 0 radical (unpaired) electrons. The standard InChI is InChI=1S/C16H29N3/c1-3-5-6-7-11-16(13-17)19(4-2)14-15-10-8-9-12-18-15/h8-10,12,16H,3-7,11,13-14,17H2,1-2H3. The van der Waals surface area contributed by atoms with E-state index in [0.29, 0.717) is 6.04 Å². The highest BCUT2D eigenvalue weighted by molar-refractivity contribution is 5.03. The van der Waals surface area contributed by atoms with Crippen LogP contribution in [-0.4, -0.2) is 29.0 Å². The third-order valence-electron chi connectivity index (χ3n) is 3.68. The molecule has 108 valence electrons. The fraction of sp³-hybridized carbons (Fsp3) is 0.688. The van der Waals surface area contributed by atoms with Gasteiger partial charge in [0.05, 0.1) is 5.69 Å². The van der Waals surface area contributed by atoms with Crippen LogP contribution in [0.15, 0.2) is 24.4 Å². The van der Waals surface area contributed by atoms with Gasteiger partial charge in [-0.15, -0.1) is 0 Å². The molecule has 0 aliphatic carbocycles. The number of hydrogen-bond acceptors (Lipinski definition) is 3. The fourth-order valence-electron chi connectivity index (χ4n) is 2.46. The maximum Gasteiger partial charge on any atom is 0.0544 e. The van der Waals surface area contributed by atoms with Gasteiger partial charge in [-0.3, -0.25) is 9.88 Å². The minimum Gasteiger partial charge on any atom is -0.329 e. The van der Waals surface area contributed by atoms with Crippen LogP contribution in [0.4, 0.5) is 0 Å². The molecule has 0 bridgehead atoms. The second-order valence-corrected chi connectivity index (χ2v) is 5.12. The van der Waals surface area contributed by atoms with Gasteiger partial charge in [-0.1, -0.05) is 45.6 Å². The number of nitrogens with two attached hydrogens (primary N) is 1. The molecule has 1 atom stereocenters. The molecule has 1 heterocycles. The summed E-state index contributed by atoms with van der Waals surface area (Å²) < 4.78 is 0. The second-order valence-electron chi connectivity index (χ2n) is 5.12. The van der Waals surface area contributed by atoms with E-state index < -0.39 is 0 Å². The maximum atomic E-state index is 5.96. The Morgan fingerprint density at radius 3 is 2.63 bits per heavy atom. The lowest BCUT2D eigenvalue weighted by Gasteiger charge is -2.29. The topological polar surface area (TPSA) is 42.1 Å². The lowest BCUT2D eigenvalue weighted by Crippen LogP contribution is -2.40. The SMILES string of the molecule is CCCCCCC(CN)N(CC)Cc1ccccn1. The van der Waals surface area contributed by atoms with Crippen molar-refractivity contribution in [1.29, 1.82) is 0 Å². The Hall–Kier alpha value is -0.930. The molecule has 19 heavy (non-hydrogen) atoms. The lowest BCUT2D eigenvalue weighted by molar-refractivity contribution is 0.186. The van der Waals surface area contributed by atoms with Crippen LogP contribution in [-0.2, 0) is 6.54 Å². The van der Waals surface area contributed by atoms with Crippen molar-refractivity contribution in [1.82, 2.24) is 9.88 Å². The Morgan fingerprint density at radius 1 is 1.21 bits per heavy atom. The van der Waals surface area contributed by atoms with Crippen LogP contribution >= 0.6 is 0 Å². The molecule has 1 aromatic rings. The van der Waals surface area contributed by atoms with Gasteiger partial charge < -0.3 is 5.73 Å². The van der Waals surface area contributed by atoms with Gasteiger partial charge in [0.1, 0.15) is 0 Å². The molecule has 1 unspecified atom stereocenters. The van der Waals surface area contributed by atoms with Crippen LogP contribution in [0.5, 0.6) is 0 Å². The van der Waals surface area contributed by atoms with Crippen LogP contribution in [0.2, 0.25) is 0 Å². The highest BCUT2D eigenvalue weighted by atomic mass is 15.2. The number of pyridine rings is 1. The van der Waals surface area contributed by atoms with E-state index >= 15 is 0 Å². The van der Waals surface area contributed by atoms with E-state index in [1.54, 1.807) is 0 Å². The first-order valence-electron chi connectivity index (χ1n) is 7.65. The molecule has 1 aromatic heterocycles. The van der Waals surface area contributed by atoms with E-state index in [1.807, 2.05) is 12.3 Å². The largest absolute Gasteiger partial charge is 0.329 e. The minimum atomic E-state index is 0.490. The summed E-state index contributed by atoms with van der Waals surface area (Å²) in [5.41, 5.74) is 7.09. The van der Waals surface area contributed by atoms with E-state index in [4.69, 9.17) is 5.73 Å². The number of aromatic nitrogens is 1. The molecule has 0 amide bonds. The molecule has 3 heteroatoms. The van der Waals surface area contributed by atoms with Crippen LogP contribution < -0.4 is 5.73 Å². The van der Waals surface area contributed by atoms with Crippen molar-refractivity contribution in [3.63, 3.8) is 0 Å². The zero-order valence-corrected chi connectivity index (χ0v) is 12.5. The van der Waals surface area contributed by atoms with Gasteiger partial charge in [0.25, 0.3) is 0 Å². The quantitative estimate of drug-likeness (QED) is 0.659. The summed E-state index contributed by atoms with van der Waals surface area (Å²) >= 11 is 0. The first-order chi connectivity index (χ1) is 9.31. The lowest BCUT2D eigenvalue weighted by atomic mass is 10.1. The molecular formula is C16H29N3. The Labute approximate surface area is 118 Å². The van der Waals surface area contributed by atoms with Crippen LogP contribution in [0.25, 0.3) is 0 Å². The third-order valence-corrected chi connectivity index (χ3v) is 3.68. The number of unbranched alkanes of at least 4 members (excludes halogenated alkanes) is 3. The highest BCUT2D eigenvalue weighted by Crippen LogP contribution is 2.13. The summed E-state index contributed by atoms with van der Waals surface area (Å²) in [5.74, 6) is 0. The molecule has 1 rings (SSSR count). The predicted molar refractivity (Wildman–Crippen MR) is 81.9 cm³/mol. The summed E-state index contributed by atoms with van der Waals surface area (Å²) in [6.07, 6.45) is 8.31. The molecular weight excluding hydrogens is 234 g/mol. The van der Waals surface area contributed by atoms with Gasteiger partial charge in [0.2, 0.25) is 0 Å². The molecule has 2 N–H and O–H groups in total. The summed E-state index contributed by atoms with van der Waals surface area (Å²) in [7, 11) is 0. The van der Waals surface area contributed by atoms with Gasteiger partial charge in [-0.25, -0.2) is 0 Å². The Balaban J connectivity index is 2.45. The molecule has 3 nitrogen and oxygen atoms in total. The number of hydrogen-bond donors (Lipinski definition) is 1. The van der Waals surface area contributed by atoms with Gasteiger partial charge in [-0.2, -0.15) is 0 Å². The van der Waals surface area contributed by atoms with Gasteiger partial charge >= 0.3 is 0 Å². The van der Waals surface area contributed by atoms with Crippen molar-refractivity contribution in [2.24, 2.45) is 5.73 Å². The van der Waals surface area contributed by atoms with E-state index in [0.717, 1.165) is 25.3 Å². The zero-order chi connectivity index (χ0) is 13.9.